The van der Waals surface area contributed by atoms with Crippen molar-refractivity contribution in [3.8, 4) is 5.75 Å². The lowest BCUT2D eigenvalue weighted by Crippen LogP contribution is -2.46. The molecule has 3 N–H and O–H groups in total. The summed E-state index contributed by atoms with van der Waals surface area (Å²) in [4.78, 5) is 54.2. The van der Waals surface area contributed by atoms with Crippen molar-refractivity contribution in [3.63, 3.8) is 0 Å². The van der Waals surface area contributed by atoms with E-state index in [1.807, 2.05) is 24.3 Å². The van der Waals surface area contributed by atoms with Gasteiger partial charge < -0.3 is 30.1 Å². The second-order valence-electron chi connectivity index (χ2n) is 12.7. The van der Waals surface area contributed by atoms with Crippen molar-refractivity contribution in [2.24, 2.45) is 5.92 Å². The number of nitrogens with zero attached hydrogens (tertiary/aromatic N) is 3. The van der Waals surface area contributed by atoms with E-state index in [-0.39, 0.29) is 48.7 Å². The van der Waals surface area contributed by atoms with E-state index in [0.29, 0.717) is 41.2 Å². The zero-order valence-electron chi connectivity index (χ0n) is 28.2. The molecule has 0 spiro atoms. The molecule has 12 heteroatoms. The number of carbonyl (C=O) groups excluding carboxylic acids is 3. The molecule has 4 aromatic rings. The average molecular weight is 691 g/mol. The number of benzene rings is 4. The maximum atomic E-state index is 14.1. The maximum absolute atomic E-state index is 14.1. The van der Waals surface area contributed by atoms with Crippen LogP contribution in [0.3, 0.4) is 0 Å². The lowest BCUT2D eigenvalue weighted by Gasteiger charge is -2.36. The SMILES string of the molecule is COc1ccc(C(=O)Nc2ccc(CN3C(=O)[C@@](O)([C@@H](C)/C=C/CC(=O)N4Cc5ccccc5C[C@H]4CO)c4cc([N+](=O)[O-])ccc43)cc2)cc1. The Balaban J connectivity index is 1.18. The van der Waals surface area contributed by atoms with Crippen LogP contribution in [0, 0.1) is 16.0 Å². The summed E-state index contributed by atoms with van der Waals surface area (Å²) in [6.45, 7) is 1.86. The smallest absolute Gasteiger partial charge is 0.269 e. The molecule has 12 nitrogen and oxygen atoms in total. The maximum Gasteiger partial charge on any atom is 0.269 e. The van der Waals surface area contributed by atoms with Crippen molar-refractivity contribution in [2.45, 2.75) is 44.5 Å². The highest BCUT2D eigenvalue weighted by Gasteiger charge is 2.53. The third-order valence-corrected chi connectivity index (χ3v) is 9.63. The molecule has 3 amide bonds. The fourth-order valence-electron chi connectivity index (χ4n) is 6.70. The number of fused-ring (bicyclic) bond motifs is 2. The van der Waals surface area contributed by atoms with E-state index in [2.05, 4.69) is 5.32 Å². The van der Waals surface area contributed by atoms with Gasteiger partial charge in [0, 0.05) is 47.8 Å². The third-order valence-electron chi connectivity index (χ3n) is 9.63. The van der Waals surface area contributed by atoms with E-state index in [4.69, 9.17) is 4.74 Å². The molecule has 0 aromatic heterocycles. The number of nitrogens with one attached hydrogen (secondary N) is 1. The second kappa shape index (κ2) is 14.6. The summed E-state index contributed by atoms with van der Waals surface area (Å²) in [5, 5.41) is 36.6. The van der Waals surface area contributed by atoms with Gasteiger partial charge in [-0.15, -0.1) is 0 Å². The molecule has 0 unspecified atom stereocenters. The highest BCUT2D eigenvalue weighted by atomic mass is 16.6. The molecule has 2 heterocycles. The zero-order valence-corrected chi connectivity index (χ0v) is 28.2. The highest BCUT2D eigenvalue weighted by Crippen LogP contribution is 2.47. The van der Waals surface area contributed by atoms with Crippen molar-refractivity contribution in [1.82, 2.24) is 4.90 Å². The lowest BCUT2D eigenvalue weighted by molar-refractivity contribution is -0.385. The van der Waals surface area contributed by atoms with E-state index in [9.17, 15) is 34.7 Å². The number of ether oxygens (including phenoxy) is 1. The quantitative estimate of drug-likeness (QED) is 0.111. The van der Waals surface area contributed by atoms with Crippen LogP contribution in [0.2, 0.25) is 0 Å². The Morgan fingerprint density at radius 3 is 2.43 bits per heavy atom. The van der Waals surface area contributed by atoms with Crippen LogP contribution in [0.4, 0.5) is 17.1 Å². The summed E-state index contributed by atoms with van der Waals surface area (Å²) in [7, 11) is 1.54. The fourth-order valence-corrected chi connectivity index (χ4v) is 6.70. The van der Waals surface area contributed by atoms with Gasteiger partial charge in [0.1, 0.15) is 5.75 Å². The minimum absolute atomic E-state index is 0.0276. The van der Waals surface area contributed by atoms with Gasteiger partial charge in [0.25, 0.3) is 17.5 Å². The first-order chi connectivity index (χ1) is 24.5. The van der Waals surface area contributed by atoms with Gasteiger partial charge in [-0.2, -0.15) is 0 Å². The van der Waals surface area contributed by atoms with Gasteiger partial charge in [0.05, 0.1) is 36.9 Å². The van der Waals surface area contributed by atoms with Crippen LogP contribution in [0.1, 0.15) is 46.0 Å². The number of methoxy groups -OCH3 is 1. The van der Waals surface area contributed by atoms with Gasteiger partial charge >= 0.3 is 0 Å². The van der Waals surface area contributed by atoms with E-state index in [1.165, 1.54) is 23.1 Å². The number of amides is 3. The molecule has 51 heavy (non-hydrogen) atoms. The molecule has 2 aliphatic heterocycles. The topological polar surface area (TPSA) is 163 Å². The molecule has 262 valence electrons. The Bertz CT molecular complexity index is 2000. The summed E-state index contributed by atoms with van der Waals surface area (Å²) in [6, 6.07) is 25.0. The minimum atomic E-state index is -2.15. The number of anilines is 2. The Kier molecular flexibility index (Phi) is 9.99. The Morgan fingerprint density at radius 1 is 1.06 bits per heavy atom. The average Bonchev–Trinajstić information content (AvgIpc) is 3.36. The normalized spacial score (nSPS) is 18.7. The molecule has 0 saturated carbocycles. The molecular formula is C39H38N4O8. The number of aliphatic hydroxyl groups is 2. The van der Waals surface area contributed by atoms with Crippen LogP contribution in [0.15, 0.2) is 103 Å². The van der Waals surface area contributed by atoms with Crippen molar-refractivity contribution < 1.29 is 34.3 Å². The molecule has 4 aromatic carbocycles. The molecule has 3 atom stereocenters. The molecule has 0 radical (unpaired) electrons. The first-order valence-corrected chi connectivity index (χ1v) is 16.5. The number of carbonyl (C=O) groups is 3. The van der Waals surface area contributed by atoms with Crippen molar-refractivity contribution in [1.29, 1.82) is 0 Å². The van der Waals surface area contributed by atoms with Crippen LogP contribution in [-0.2, 0) is 34.7 Å². The zero-order chi connectivity index (χ0) is 36.3. The monoisotopic (exact) mass is 690 g/mol. The number of aliphatic hydroxyl groups excluding tert-OH is 1. The number of non-ortho nitro benzene ring substituents is 1. The molecule has 0 saturated heterocycles. The lowest BCUT2D eigenvalue weighted by atomic mass is 9.82. The summed E-state index contributed by atoms with van der Waals surface area (Å²) >= 11 is 0. The van der Waals surface area contributed by atoms with Gasteiger partial charge in [-0.05, 0) is 65.6 Å². The Morgan fingerprint density at radius 2 is 1.76 bits per heavy atom. The standard InChI is InChI=1S/C39H38N4O8/c1-25(6-5-9-36(45)41-23-29-8-4-3-7-28(29)20-32(41)24-44)39(48)34-21-31(43(49)50)16-19-35(34)42(38(39)47)22-26-10-14-30(15-11-26)40-37(46)27-12-17-33(51-2)18-13-27/h3-8,10-19,21,25,32,44,48H,9,20,22-24H2,1-2H3,(H,40,46)/b6-5+/t25-,32-,39+/m0/s1. The number of hydrogen-bond donors (Lipinski definition) is 3. The highest BCUT2D eigenvalue weighted by molar-refractivity contribution is 6.07. The van der Waals surface area contributed by atoms with Crippen LogP contribution < -0.4 is 15.0 Å². The summed E-state index contributed by atoms with van der Waals surface area (Å²) in [6.07, 6.45) is 3.68. The summed E-state index contributed by atoms with van der Waals surface area (Å²) in [5.74, 6) is -1.41. The van der Waals surface area contributed by atoms with Crippen LogP contribution >= 0.6 is 0 Å². The van der Waals surface area contributed by atoms with Crippen molar-refractivity contribution in [2.75, 3.05) is 23.9 Å². The number of hydrogen-bond acceptors (Lipinski definition) is 8. The number of rotatable bonds is 11. The third kappa shape index (κ3) is 6.96. The molecule has 0 fully saturated rings. The van der Waals surface area contributed by atoms with Gasteiger partial charge in [0.15, 0.2) is 5.60 Å². The van der Waals surface area contributed by atoms with Gasteiger partial charge in [-0.25, -0.2) is 0 Å². The van der Waals surface area contributed by atoms with Gasteiger partial charge in [0.2, 0.25) is 5.91 Å². The van der Waals surface area contributed by atoms with Crippen molar-refractivity contribution >= 4 is 34.8 Å². The molecule has 6 rings (SSSR count). The fraction of sp³-hybridized carbons (Fsp3) is 0.256. The number of nitro groups is 1. The minimum Gasteiger partial charge on any atom is -0.497 e. The molecule has 0 bridgehead atoms. The first kappa shape index (κ1) is 35.0. The van der Waals surface area contributed by atoms with E-state index < -0.39 is 22.3 Å². The van der Waals surface area contributed by atoms with Gasteiger partial charge in [-0.1, -0.05) is 55.5 Å². The first-order valence-electron chi connectivity index (χ1n) is 16.5. The van der Waals surface area contributed by atoms with Gasteiger partial charge in [-0.3, -0.25) is 24.5 Å². The second-order valence-corrected chi connectivity index (χ2v) is 12.7. The number of nitro benzene ring substituents is 1. The van der Waals surface area contributed by atoms with Crippen molar-refractivity contribution in [3.05, 3.63) is 141 Å². The Hall–Kier alpha value is -5.85. The largest absolute Gasteiger partial charge is 0.497 e. The molecular weight excluding hydrogens is 652 g/mol. The van der Waals surface area contributed by atoms with E-state index in [1.54, 1.807) is 79.6 Å². The predicted octanol–water partition coefficient (Wildman–Crippen LogP) is 5.12. The predicted molar refractivity (Wildman–Crippen MR) is 190 cm³/mol. The Labute approximate surface area is 294 Å². The summed E-state index contributed by atoms with van der Waals surface area (Å²) < 4.78 is 5.14. The molecule has 0 aliphatic carbocycles. The van der Waals surface area contributed by atoms with E-state index in [0.717, 1.165) is 11.1 Å². The van der Waals surface area contributed by atoms with Crippen LogP contribution in [-0.4, -0.2) is 57.5 Å². The van der Waals surface area contributed by atoms with Crippen LogP contribution in [0.5, 0.6) is 5.75 Å². The summed E-state index contributed by atoms with van der Waals surface area (Å²) in [5.41, 5.74) is 1.80. The van der Waals surface area contributed by atoms with Crippen LogP contribution in [0.25, 0.3) is 0 Å². The molecule has 2 aliphatic rings. The van der Waals surface area contributed by atoms with E-state index >= 15 is 0 Å².